The van der Waals surface area contributed by atoms with Crippen LogP contribution in [0.5, 0.6) is 0 Å². The molecule has 0 saturated carbocycles. The van der Waals surface area contributed by atoms with Gasteiger partial charge in [-0.1, -0.05) is 13.8 Å². The van der Waals surface area contributed by atoms with Gasteiger partial charge < -0.3 is 31.5 Å². The fraction of sp³-hybridized carbons (Fsp3) is 0.737. The van der Waals surface area contributed by atoms with Crippen molar-refractivity contribution in [2.75, 3.05) is 6.54 Å². The molecule has 6 N–H and O–H groups in total. The van der Waals surface area contributed by atoms with Crippen molar-refractivity contribution in [2.24, 2.45) is 11.7 Å². The highest BCUT2D eigenvalue weighted by molar-refractivity contribution is 5.94. The molecule has 0 bridgehead atoms. The zero-order valence-electron chi connectivity index (χ0n) is 17.6. The maximum atomic E-state index is 12.8. The molecule has 1 heterocycles. The number of hydrogen-bond donors (Lipinski definition) is 5. The van der Waals surface area contributed by atoms with Crippen molar-refractivity contribution in [3.8, 4) is 0 Å². The number of carboxylic acid groups (broad SMARTS) is 2. The second kappa shape index (κ2) is 11.5. The number of nitrogens with zero attached hydrogens (tertiary/aromatic N) is 1. The van der Waals surface area contributed by atoms with E-state index in [1.807, 2.05) is 13.8 Å². The number of likely N-dealkylation sites (tertiary alicyclic amines) is 1. The van der Waals surface area contributed by atoms with Gasteiger partial charge in [-0.25, -0.2) is 4.79 Å². The molecule has 1 aliphatic heterocycles. The lowest BCUT2D eigenvalue weighted by Crippen LogP contribution is -2.56. The predicted molar refractivity (Wildman–Crippen MR) is 106 cm³/mol. The Morgan fingerprint density at radius 3 is 2.27 bits per heavy atom. The van der Waals surface area contributed by atoms with Gasteiger partial charge in [0.25, 0.3) is 0 Å². The van der Waals surface area contributed by atoms with Gasteiger partial charge in [0.15, 0.2) is 0 Å². The van der Waals surface area contributed by atoms with Crippen LogP contribution in [0.25, 0.3) is 0 Å². The van der Waals surface area contributed by atoms with Crippen molar-refractivity contribution < 1.29 is 34.2 Å². The highest BCUT2D eigenvalue weighted by Crippen LogP contribution is 2.19. The van der Waals surface area contributed by atoms with E-state index in [9.17, 15) is 29.1 Å². The minimum absolute atomic E-state index is 0.0632. The van der Waals surface area contributed by atoms with E-state index < -0.39 is 53.8 Å². The Morgan fingerprint density at radius 2 is 1.73 bits per heavy atom. The van der Waals surface area contributed by atoms with Crippen molar-refractivity contribution in [1.29, 1.82) is 0 Å². The molecule has 11 heteroatoms. The Bertz CT molecular complexity index is 667. The Hall–Kier alpha value is -2.69. The van der Waals surface area contributed by atoms with Crippen LogP contribution in [0.2, 0.25) is 0 Å². The van der Waals surface area contributed by atoms with Crippen LogP contribution in [-0.2, 0) is 24.0 Å². The molecule has 0 spiro atoms. The molecule has 1 aliphatic rings. The summed E-state index contributed by atoms with van der Waals surface area (Å²) in [4.78, 5) is 60.8. The highest BCUT2D eigenvalue weighted by Gasteiger charge is 2.38. The topological polar surface area (TPSA) is 179 Å². The molecule has 4 unspecified atom stereocenters. The minimum atomic E-state index is -1.14. The van der Waals surface area contributed by atoms with Gasteiger partial charge in [-0.2, -0.15) is 0 Å². The zero-order chi connectivity index (χ0) is 23.0. The van der Waals surface area contributed by atoms with Gasteiger partial charge in [-0.15, -0.1) is 0 Å². The normalized spacial score (nSPS) is 19.1. The Kier molecular flexibility index (Phi) is 9.70. The molecule has 0 aromatic carbocycles. The molecule has 30 heavy (non-hydrogen) atoms. The SMILES string of the molecule is CC(C)CC(NC(=O)C1CCCN1C(=O)C(C)NC(=O)C(N)CCC(=O)O)C(=O)O. The number of nitrogens with two attached hydrogens (primary N) is 1. The first-order chi connectivity index (χ1) is 13.9. The number of hydrogen-bond acceptors (Lipinski definition) is 6. The smallest absolute Gasteiger partial charge is 0.326 e. The van der Waals surface area contributed by atoms with Crippen LogP contribution in [0, 0.1) is 5.92 Å². The maximum Gasteiger partial charge on any atom is 0.326 e. The summed E-state index contributed by atoms with van der Waals surface area (Å²) in [6.07, 6.45) is 0.896. The number of nitrogens with one attached hydrogen (secondary N) is 2. The van der Waals surface area contributed by atoms with Gasteiger partial charge in [0.1, 0.15) is 18.1 Å². The van der Waals surface area contributed by atoms with Gasteiger partial charge >= 0.3 is 11.9 Å². The van der Waals surface area contributed by atoms with Crippen molar-refractivity contribution >= 4 is 29.7 Å². The second-order valence-corrected chi connectivity index (χ2v) is 7.99. The molecule has 0 aromatic rings. The van der Waals surface area contributed by atoms with E-state index in [1.165, 1.54) is 11.8 Å². The quantitative estimate of drug-likeness (QED) is 0.286. The van der Waals surface area contributed by atoms with Gasteiger partial charge in [-0.3, -0.25) is 19.2 Å². The molecule has 0 radical (unpaired) electrons. The molecule has 0 aromatic heterocycles. The van der Waals surface area contributed by atoms with E-state index in [0.717, 1.165) is 0 Å². The molecule has 1 fully saturated rings. The first-order valence-corrected chi connectivity index (χ1v) is 10.0. The van der Waals surface area contributed by atoms with Crippen molar-refractivity contribution in [1.82, 2.24) is 15.5 Å². The molecule has 11 nitrogen and oxygen atoms in total. The van der Waals surface area contributed by atoms with Crippen LogP contribution in [0.3, 0.4) is 0 Å². The van der Waals surface area contributed by atoms with Crippen LogP contribution in [0.15, 0.2) is 0 Å². The zero-order valence-corrected chi connectivity index (χ0v) is 17.6. The summed E-state index contributed by atoms with van der Waals surface area (Å²) < 4.78 is 0. The lowest BCUT2D eigenvalue weighted by molar-refractivity contribution is -0.145. The van der Waals surface area contributed by atoms with Crippen LogP contribution < -0.4 is 16.4 Å². The first kappa shape index (κ1) is 25.3. The largest absolute Gasteiger partial charge is 0.481 e. The standard InChI is InChI=1S/C19H32N4O7/c1-10(2)9-13(19(29)30)22-17(27)14-5-4-8-23(14)18(28)11(3)21-16(26)12(20)6-7-15(24)25/h10-14H,4-9,20H2,1-3H3,(H,21,26)(H,22,27)(H,24,25)(H,29,30). The minimum Gasteiger partial charge on any atom is -0.481 e. The molecular weight excluding hydrogens is 396 g/mol. The third-order valence-corrected chi connectivity index (χ3v) is 4.90. The summed E-state index contributed by atoms with van der Waals surface area (Å²) in [5, 5.41) is 22.9. The number of rotatable bonds is 11. The lowest BCUT2D eigenvalue weighted by atomic mass is 10.0. The third-order valence-electron chi connectivity index (χ3n) is 4.90. The second-order valence-electron chi connectivity index (χ2n) is 7.99. The Morgan fingerprint density at radius 1 is 1.10 bits per heavy atom. The van der Waals surface area contributed by atoms with Gasteiger partial charge in [0.05, 0.1) is 6.04 Å². The van der Waals surface area contributed by atoms with E-state index in [1.54, 1.807) is 0 Å². The monoisotopic (exact) mass is 428 g/mol. The number of carbonyl (C=O) groups is 5. The maximum absolute atomic E-state index is 12.8. The summed E-state index contributed by atoms with van der Waals surface area (Å²) in [6, 6.07) is -3.89. The molecule has 3 amide bonds. The van der Waals surface area contributed by atoms with E-state index in [-0.39, 0.29) is 25.2 Å². The molecule has 170 valence electrons. The van der Waals surface area contributed by atoms with Crippen LogP contribution >= 0.6 is 0 Å². The first-order valence-electron chi connectivity index (χ1n) is 10.0. The van der Waals surface area contributed by atoms with E-state index in [2.05, 4.69) is 10.6 Å². The average Bonchev–Trinajstić information content (AvgIpc) is 3.13. The van der Waals surface area contributed by atoms with Crippen LogP contribution in [0.4, 0.5) is 0 Å². The van der Waals surface area contributed by atoms with E-state index in [4.69, 9.17) is 10.8 Å². The fourth-order valence-corrected chi connectivity index (χ4v) is 3.30. The predicted octanol–water partition coefficient (Wildman–Crippen LogP) is -0.710. The molecule has 1 saturated heterocycles. The number of aliphatic carboxylic acids is 2. The summed E-state index contributed by atoms with van der Waals surface area (Å²) in [5.41, 5.74) is 5.65. The number of carboxylic acids is 2. The average molecular weight is 428 g/mol. The van der Waals surface area contributed by atoms with Gasteiger partial charge in [0, 0.05) is 13.0 Å². The molecule has 4 atom stereocenters. The summed E-state index contributed by atoms with van der Waals surface area (Å²) >= 11 is 0. The molecule has 1 rings (SSSR count). The van der Waals surface area contributed by atoms with Crippen molar-refractivity contribution in [3.63, 3.8) is 0 Å². The lowest BCUT2D eigenvalue weighted by Gasteiger charge is -2.28. The fourth-order valence-electron chi connectivity index (χ4n) is 3.30. The van der Waals surface area contributed by atoms with E-state index >= 15 is 0 Å². The Labute approximate surface area is 175 Å². The van der Waals surface area contributed by atoms with Gasteiger partial charge in [0.2, 0.25) is 17.7 Å². The van der Waals surface area contributed by atoms with Crippen LogP contribution in [-0.4, -0.2) is 75.5 Å². The molecule has 0 aliphatic carbocycles. The summed E-state index contributed by atoms with van der Waals surface area (Å²) in [6.45, 7) is 5.46. The summed E-state index contributed by atoms with van der Waals surface area (Å²) in [5.74, 6) is -3.82. The summed E-state index contributed by atoms with van der Waals surface area (Å²) in [7, 11) is 0. The van der Waals surface area contributed by atoms with Gasteiger partial charge in [-0.05, 0) is 38.5 Å². The highest BCUT2D eigenvalue weighted by atomic mass is 16.4. The van der Waals surface area contributed by atoms with Crippen LogP contribution in [0.1, 0.15) is 52.9 Å². The Balaban J connectivity index is 2.71. The number of carbonyl (C=O) groups excluding carboxylic acids is 3. The van der Waals surface area contributed by atoms with Crippen molar-refractivity contribution in [2.45, 2.75) is 77.0 Å². The van der Waals surface area contributed by atoms with Crippen molar-refractivity contribution in [3.05, 3.63) is 0 Å². The molecular formula is C19H32N4O7. The number of amides is 3. The third kappa shape index (κ3) is 7.62. The van der Waals surface area contributed by atoms with E-state index in [0.29, 0.717) is 19.4 Å².